The molecule has 0 aliphatic carbocycles. The van der Waals surface area contributed by atoms with Gasteiger partial charge in [-0.25, -0.2) is 13.8 Å². The number of imidazole rings is 1. The van der Waals surface area contributed by atoms with Crippen LogP contribution < -0.4 is 0 Å². The van der Waals surface area contributed by atoms with Gasteiger partial charge in [0.25, 0.3) is 0 Å². The predicted octanol–water partition coefficient (Wildman–Crippen LogP) is 4.94. The monoisotopic (exact) mass is 402 g/mol. The Labute approximate surface area is 168 Å². The van der Waals surface area contributed by atoms with Crippen LogP contribution in [0.15, 0.2) is 52.5 Å². The first kappa shape index (κ1) is 20.5. The van der Waals surface area contributed by atoms with Gasteiger partial charge in [-0.05, 0) is 44.3 Å². The molecule has 0 unspecified atom stereocenters. The maximum Gasteiger partial charge on any atom is 0.127 e. The zero-order chi connectivity index (χ0) is 20.3. The largest absolute Gasteiger partial charge is 0.316 e. The molecule has 4 nitrogen and oxygen atoms in total. The molecule has 0 spiro atoms. The Morgan fingerprint density at radius 1 is 1.11 bits per heavy atom. The number of hydrogen-bond donors (Lipinski definition) is 0. The summed E-state index contributed by atoms with van der Waals surface area (Å²) in [5, 5.41) is 0.891. The van der Waals surface area contributed by atoms with Crippen LogP contribution in [0.5, 0.6) is 0 Å². The summed E-state index contributed by atoms with van der Waals surface area (Å²) in [6.07, 6.45) is 1.76. The molecule has 148 valence electrons. The molecular formula is C21H24F2N4S. The minimum Gasteiger partial charge on any atom is -0.316 e. The second-order valence-electron chi connectivity index (χ2n) is 7.23. The number of benzene rings is 1. The van der Waals surface area contributed by atoms with Crippen molar-refractivity contribution in [2.75, 3.05) is 14.1 Å². The van der Waals surface area contributed by atoms with Gasteiger partial charge in [0, 0.05) is 17.2 Å². The first-order valence-electron chi connectivity index (χ1n) is 9.11. The summed E-state index contributed by atoms with van der Waals surface area (Å²) in [6, 6.07) is 9.37. The normalized spacial score (nSPS) is 11.6. The van der Waals surface area contributed by atoms with Crippen LogP contribution in [-0.4, -0.2) is 33.5 Å². The fraction of sp³-hybridized carbons (Fsp3) is 0.333. The van der Waals surface area contributed by atoms with Crippen molar-refractivity contribution in [3.63, 3.8) is 0 Å². The van der Waals surface area contributed by atoms with Gasteiger partial charge in [0.2, 0.25) is 0 Å². The molecule has 0 N–H and O–H groups in total. The van der Waals surface area contributed by atoms with Gasteiger partial charge in [-0.3, -0.25) is 4.98 Å². The highest BCUT2D eigenvalue weighted by molar-refractivity contribution is 7.99. The molecule has 0 radical (unpaired) electrons. The van der Waals surface area contributed by atoms with Crippen molar-refractivity contribution in [3.8, 4) is 0 Å². The molecule has 28 heavy (non-hydrogen) atoms. The molecular weight excluding hydrogens is 378 g/mol. The molecule has 1 aromatic carbocycles. The lowest BCUT2D eigenvalue weighted by Gasteiger charge is -2.15. The van der Waals surface area contributed by atoms with E-state index in [0.717, 1.165) is 28.3 Å². The average Bonchev–Trinajstić information content (AvgIpc) is 2.92. The zero-order valence-electron chi connectivity index (χ0n) is 16.5. The van der Waals surface area contributed by atoms with E-state index in [1.54, 1.807) is 6.20 Å². The number of aromatic nitrogens is 3. The van der Waals surface area contributed by atoms with E-state index in [0.29, 0.717) is 18.0 Å². The van der Waals surface area contributed by atoms with Gasteiger partial charge in [0.05, 0.1) is 24.5 Å². The van der Waals surface area contributed by atoms with Crippen LogP contribution in [0.25, 0.3) is 0 Å². The lowest BCUT2D eigenvalue weighted by atomic mass is 10.1. The number of nitrogens with zero attached hydrogens (tertiary/aromatic N) is 4. The second-order valence-corrected chi connectivity index (χ2v) is 8.29. The molecule has 2 aromatic heterocycles. The molecule has 3 aromatic rings. The molecule has 0 atom stereocenters. The Morgan fingerprint density at radius 2 is 1.82 bits per heavy atom. The lowest BCUT2D eigenvalue weighted by molar-refractivity contribution is 0.380. The minimum atomic E-state index is -0.585. The molecule has 0 amide bonds. The Balaban J connectivity index is 2.09. The van der Waals surface area contributed by atoms with Gasteiger partial charge in [-0.15, -0.1) is 0 Å². The second kappa shape index (κ2) is 8.84. The van der Waals surface area contributed by atoms with Gasteiger partial charge in [0.15, 0.2) is 0 Å². The van der Waals surface area contributed by atoms with Crippen LogP contribution in [0.2, 0.25) is 0 Å². The number of halogens is 2. The third-order valence-corrected chi connectivity index (χ3v) is 5.22. The van der Waals surface area contributed by atoms with Crippen LogP contribution in [0.3, 0.4) is 0 Å². The molecule has 7 heteroatoms. The first-order chi connectivity index (χ1) is 13.3. The number of rotatable bonds is 7. The van der Waals surface area contributed by atoms with E-state index < -0.39 is 11.6 Å². The topological polar surface area (TPSA) is 34.0 Å². The molecule has 3 rings (SSSR count). The standard InChI is InChI=1S/C21H24F2N4S/c1-14(2)20-21(28-18-10-15(22)9-16(23)11-18)27(19(25-20)13-26(3)4)12-17-7-5-6-8-24-17/h5-11,14H,12-13H2,1-4H3. The van der Waals surface area contributed by atoms with Crippen molar-refractivity contribution in [2.45, 2.75) is 42.8 Å². The SMILES string of the molecule is CC(C)c1nc(CN(C)C)n(Cc2ccccn2)c1Sc1cc(F)cc(F)c1. The third kappa shape index (κ3) is 4.97. The fourth-order valence-corrected chi connectivity index (χ4v) is 4.14. The lowest BCUT2D eigenvalue weighted by Crippen LogP contribution is -2.16. The van der Waals surface area contributed by atoms with E-state index >= 15 is 0 Å². The maximum atomic E-state index is 13.7. The number of hydrogen-bond acceptors (Lipinski definition) is 4. The van der Waals surface area contributed by atoms with E-state index in [9.17, 15) is 8.78 Å². The van der Waals surface area contributed by atoms with Gasteiger partial charge in [-0.2, -0.15) is 0 Å². The Hall–Kier alpha value is -2.25. The van der Waals surface area contributed by atoms with Crippen molar-refractivity contribution in [2.24, 2.45) is 0 Å². The highest BCUT2D eigenvalue weighted by Gasteiger charge is 2.21. The first-order valence-corrected chi connectivity index (χ1v) is 9.93. The predicted molar refractivity (Wildman–Crippen MR) is 108 cm³/mol. The summed E-state index contributed by atoms with van der Waals surface area (Å²) in [6.45, 7) is 5.35. The molecule has 0 aliphatic rings. The van der Waals surface area contributed by atoms with Crippen molar-refractivity contribution in [1.82, 2.24) is 19.4 Å². The Morgan fingerprint density at radius 3 is 2.39 bits per heavy atom. The van der Waals surface area contributed by atoms with Gasteiger partial charge in [-0.1, -0.05) is 31.7 Å². The molecule has 0 saturated heterocycles. The van der Waals surface area contributed by atoms with Gasteiger partial charge in [0.1, 0.15) is 22.5 Å². The van der Waals surface area contributed by atoms with Crippen LogP contribution in [0.4, 0.5) is 8.78 Å². The van der Waals surface area contributed by atoms with Crippen molar-refractivity contribution >= 4 is 11.8 Å². The summed E-state index contributed by atoms with van der Waals surface area (Å²) in [7, 11) is 3.98. The molecule has 0 fully saturated rings. The molecule has 0 aliphatic heterocycles. The van der Waals surface area contributed by atoms with E-state index in [4.69, 9.17) is 4.98 Å². The summed E-state index contributed by atoms with van der Waals surface area (Å²) in [4.78, 5) is 11.9. The Kier molecular flexibility index (Phi) is 6.46. The molecule has 2 heterocycles. The summed E-state index contributed by atoms with van der Waals surface area (Å²) in [5.41, 5.74) is 1.82. The van der Waals surface area contributed by atoms with Crippen molar-refractivity contribution < 1.29 is 8.78 Å². The summed E-state index contributed by atoms with van der Waals surface area (Å²) >= 11 is 1.34. The maximum absolute atomic E-state index is 13.7. The van der Waals surface area contributed by atoms with Gasteiger partial charge < -0.3 is 9.47 Å². The third-order valence-electron chi connectivity index (χ3n) is 4.13. The van der Waals surface area contributed by atoms with Crippen LogP contribution in [0, 0.1) is 11.6 Å². The average molecular weight is 403 g/mol. The van der Waals surface area contributed by atoms with E-state index in [-0.39, 0.29) is 5.92 Å². The number of pyridine rings is 1. The van der Waals surface area contributed by atoms with Crippen LogP contribution >= 0.6 is 11.8 Å². The smallest absolute Gasteiger partial charge is 0.127 e. The van der Waals surface area contributed by atoms with Crippen molar-refractivity contribution in [3.05, 3.63) is 71.4 Å². The fourth-order valence-electron chi connectivity index (χ4n) is 2.91. The summed E-state index contributed by atoms with van der Waals surface area (Å²) in [5.74, 6) is -0.0960. The van der Waals surface area contributed by atoms with E-state index in [2.05, 4.69) is 28.3 Å². The molecule has 0 bridgehead atoms. The minimum absolute atomic E-state index is 0.173. The molecule has 0 saturated carbocycles. The highest BCUT2D eigenvalue weighted by atomic mass is 32.2. The quantitative estimate of drug-likeness (QED) is 0.561. The van der Waals surface area contributed by atoms with E-state index in [1.807, 2.05) is 32.3 Å². The Bertz CT molecular complexity index is 919. The van der Waals surface area contributed by atoms with E-state index in [1.165, 1.54) is 23.9 Å². The highest BCUT2D eigenvalue weighted by Crippen LogP contribution is 2.36. The van der Waals surface area contributed by atoms with Crippen LogP contribution in [-0.2, 0) is 13.1 Å². The van der Waals surface area contributed by atoms with Crippen LogP contribution in [0.1, 0.15) is 37.0 Å². The van der Waals surface area contributed by atoms with Gasteiger partial charge >= 0.3 is 0 Å². The zero-order valence-corrected chi connectivity index (χ0v) is 17.3. The van der Waals surface area contributed by atoms with Crippen molar-refractivity contribution in [1.29, 1.82) is 0 Å². The summed E-state index contributed by atoms with van der Waals surface area (Å²) < 4.78 is 29.5.